The average molecular weight is 320 g/mol. The zero-order valence-corrected chi connectivity index (χ0v) is 13.7. The van der Waals surface area contributed by atoms with E-state index in [1.54, 1.807) is 6.20 Å². The van der Waals surface area contributed by atoms with Crippen molar-refractivity contribution in [2.24, 2.45) is 7.05 Å². The molecule has 24 heavy (non-hydrogen) atoms. The van der Waals surface area contributed by atoms with Crippen molar-refractivity contribution in [2.45, 2.75) is 32.0 Å². The lowest BCUT2D eigenvalue weighted by Gasteiger charge is -2.21. The predicted octanol–water partition coefficient (Wildman–Crippen LogP) is 2.44. The van der Waals surface area contributed by atoms with Gasteiger partial charge in [0.2, 0.25) is 0 Å². The van der Waals surface area contributed by atoms with Gasteiger partial charge in [0.05, 0.1) is 6.20 Å². The Labute approximate surface area is 141 Å². The van der Waals surface area contributed by atoms with E-state index in [0.29, 0.717) is 11.9 Å². The minimum atomic E-state index is 0.667. The summed E-state index contributed by atoms with van der Waals surface area (Å²) in [6.45, 7) is 1.78. The molecule has 0 atom stereocenters. The highest BCUT2D eigenvalue weighted by Crippen LogP contribution is 2.29. The number of rotatable bonds is 6. The first-order valence-electron chi connectivity index (χ1n) is 8.22. The van der Waals surface area contributed by atoms with Crippen LogP contribution in [0.15, 0.2) is 49.2 Å². The zero-order chi connectivity index (χ0) is 16.4. The number of hydrogen-bond donors (Lipinski definition) is 0. The summed E-state index contributed by atoms with van der Waals surface area (Å²) in [6.07, 6.45) is 12.1. The van der Waals surface area contributed by atoms with Gasteiger partial charge in [-0.1, -0.05) is 6.07 Å². The standard InChI is InChI=1S/C18H20N6/c1-23-11-15(10-22-23)13-24(16-5-6-16)12-14-8-20-18(21-9-14)17-4-2-3-7-19-17/h2-4,7-11,16H,5-6,12-13H2,1H3. The lowest BCUT2D eigenvalue weighted by molar-refractivity contribution is 0.245. The molecule has 6 heteroatoms. The highest BCUT2D eigenvalue weighted by Gasteiger charge is 2.29. The maximum Gasteiger partial charge on any atom is 0.178 e. The molecule has 0 bridgehead atoms. The summed E-state index contributed by atoms with van der Waals surface area (Å²) >= 11 is 0. The van der Waals surface area contributed by atoms with E-state index < -0.39 is 0 Å². The van der Waals surface area contributed by atoms with Crippen molar-refractivity contribution in [3.8, 4) is 11.5 Å². The Morgan fingerprint density at radius 2 is 1.83 bits per heavy atom. The van der Waals surface area contributed by atoms with Crippen LogP contribution in [0.25, 0.3) is 11.5 Å². The lowest BCUT2D eigenvalue weighted by atomic mass is 10.2. The Morgan fingerprint density at radius 1 is 1.04 bits per heavy atom. The monoisotopic (exact) mass is 320 g/mol. The molecule has 1 fully saturated rings. The SMILES string of the molecule is Cn1cc(CN(Cc2cnc(-c3ccccn3)nc2)C2CC2)cn1. The Hall–Kier alpha value is -2.60. The molecule has 0 spiro atoms. The average Bonchev–Trinajstić information content (AvgIpc) is 3.39. The van der Waals surface area contributed by atoms with Gasteiger partial charge in [0, 0.05) is 62.1 Å². The molecule has 122 valence electrons. The second kappa shape index (κ2) is 6.49. The van der Waals surface area contributed by atoms with Gasteiger partial charge in [0.15, 0.2) is 5.82 Å². The van der Waals surface area contributed by atoms with Crippen molar-refractivity contribution in [1.29, 1.82) is 0 Å². The van der Waals surface area contributed by atoms with E-state index in [-0.39, 0.29) is 0 Å². The van der Waals surface area contributed by atoms with Gasteiger partial charge >= 0.3 is 0 Å². The van der Waals surface area contributed by atoms with Crippen LogP contribution in [-0.2, 0) is 20.1 Å². The summed E-state index contributed by atoms with van der Waals surface area (Å²) in [5, 5.41) is 4.26. The molecule has 0 saturated heterocycles. The molecule has 0 N–H and O–H groups in total. The second-order valence-corrected chi connectivity index (χ2v) is 6.29. The third-order valence-electron chi connectivity index (χ3n) is 4.19. The molecule has 1 saturated carbocycles. The van der Waals surface area contributed by atoms with Gasteiger partial charge in [-0.15, -0.1) is 0 Å². The van der Waals surface area contributed by atoms with Gasteiger partial charge in [-0.05, 0) is 25.0 Å². The fourth-order valence-electron chi connectivity index (χ4n) is 2.84. The van der Waals surface area contributed by atoms with E-state index in [2.05, 4.69) is 31.1 Å². The fraction of sp³-hybridized carbons (Fsp3) is 0.333. The third kappa shape index (κ3) is 3.49. The van der Waals surface area contributed by atoms with E-state index in [9.17, 15) is 0 Å². The summed E-state index contributed by atoms with van der Waals surface area (Å²) in [5.74, 6) is 0.671. The van der Waals surface area contributed by atoms with Gasteiger partial charge in [0.1, 0.15) is 5.69 Å². The van der Waals surface area contributed by atoms with Gasteiger partial charge in [-0.2, -0.15) is 5.10 Å². The molecular weight excluding hydrogens is 300 g/mol. The van der Waals surface area contributed by atoms with Crippen LogP contribution in [0.2, 0.25) is 0 Å². The maximum atomic E-state index is 4.48. The maximum absolute atomic E-state index is 4.48. The second-order valence-electron chi connectivity index (χ2n) is 6.29. The van der Waals surface area contributed by atoms with Crippen LogP contribution in [0.5, 0.6) is 0 Å². The van der Waals surface area contributed by atoms with Gasteiger partial charge in [-0.3, -0.25) is 14.6 Å². The van der Waals surface area contributed by atoms with Crippen molar-refractivity contribution in [3.63, 3.8) is 0 Å². The first kappa shape index (κ1) is 15.0. The molecule has 1 aliphatic carbocycles. The highest BCUT2D eigenvalue weighted by molar-refractivity contribution is 5.47. The van der Waals surface area contributed by atoms with Crippen LogP contribution in [-0.4, -0.2) is 35.7 Å². The summed E-state index contributed by atoms with van der Waals surface area (Å²) in [5.41, 5.74) is 3.18. The lowest BCUT2D eigenvalue weighted by Crippen LogP contribution is -2.25. The Kier molecular flexibility index (Phi) is 4.04. The molecule has 0 radical (unpaired) electrons. The first-order valence-corrected chi connectivity index (χ1v) is 8.22. The summed E-state index contributed by atoms with van der Waals surface area (Å²) in [7, 11) is 1.95. The van der Waals surface area contributed by atoms with E-state index >= 15 is 0 Å². The van der Waals surface area contributed by atoms with Crippen LogP contribution >= 0.6 is 0 Å². The van der Waals surface area contributed by atoms with Crippen molar-refractivity contribution >= 4 is 0 Å². The van der Waals surface area contributed by atoms with E-state index in [0.717, 1.165) is 24.3 Å². The first-order chi connectivity index (χ1) is 11.8. The Morgan fingerprint density at radius 3 is 2.46 bits per heavy atom. The third-order valence-corrected chi connectivity index (χ3v) is 4.19. The topological polar surface area (TPSA) is 59.7 Å². The number of hydrogen-bond acceptors (Lipinski definition) is 5. The summed E-state index contributed by atoms with van der Waals surface area (Å²) in [4.78, 5) is 15.7. The summed E-state index contributed by atoms with van der Waals surface area (Å²) in [6, 6.07) is 6.43. The molecular formula is C18H20N6. The molecule has 3 heterocycles. The number of pyridine rings is 1. The molecule has 0 aromatic carbocycles. The van der Waals surface area contributed by atoms with Gasteiger partial charge in [-0.25, -0.2) is 9.97 Å². The van der Waals surface area contributed by atoms with Crippen molar-refractivity contribution < 1.29 is 0 Å². The summed E-state index contributed by atoms with van der Waals surface area (Å²) < 4.78 is 1.85. The Balaban J connectivity index is 1.46. The molecule has 0 unspecified atom stereocenters. The van der Waals surface area contributed by atoms with Crippen LogP contribution in [0.3, 0.4) is 0 Å². The quantitative estimate of drug-likeness (QED) is 0.698. The predicted molar refractivity (Wildman–Crippen MR) is 90.7 cm³/mol. The van der Waals surface area contributed by atoms with Crippen LogP contribution in [0.1, 0.15) is 24.0 Å². The molecule has 3 aromatic heterocycles. The van der Waals surface area contributed by atoms with E-state index in [1.807, 2.05) is 48.5 Å². The smallest absolute Gasteiger partial charge is 0.178 e. The number of nitrogens with zero attached hydrogens (tertiary/aromatic N) is 6. The fourth-order valence-corrected chi connectivity index (χ4v) is 2.84. The molecule has 0 aliphatic heterocycles. The van der Waals surface area contributed by atoms with Crippen molar-refractivity contribution in [2.75, 3.05) is 0 Å². The minimum absolute atomic E-state index is 0.667. The van der Waals surface area contributed by atoms with Gasteiger partial charge < -0.3 is 0 Å². The number of aromatic nitrogens is 5. The molecule has 6 nitrogen and oxygen atoms in total. The minimum Gasteiger partial charge on any atom is -0.292 e. The molecule has 4 rings (SSSR count). The largest absolute Gasteiger partial charge is 0.292 e. The van der Waals surface area contributed by atoms with E-state index in [1.165, 1.54) is 18.4 Å². The molecule has 0 amide bonds. The van der Waals surface area contributed by atoms with Crippen LogP contribution in [0.4, 0.5) is 0 Å². The van der Waals surface area contributed by atoms with Crippen molar-refractivity contribution in [1.82, 2.24) is 29.6 Å². The van der Waals surface area contributed by atoms with E-state index in [4.69, 9.17) is 0 Å². The van der Waals surface area contributed by atoms with Crippen LogP contribution in [0, 0.1) is 0 Å². The number of aryl methyl sites for hydroxylation is 1. The molecule has 3 aromatic rings. The zero-order valence-electron chi connectivity index (χ0n) is 13.7. The normalized spacial score (nSPS) is 14.2. The molecule has 1 aliphatic rings. The highest BCUT2D eigenvalue weighted by atomic mass is 15.2. The van der Waals surface area contributed by atoms with Gasteiger partial charge in [0.25, 0.3) is 0 Å². The van der Waals surface area contributed by atoms with Crippen molar-refractivity contribution in [3.05, 3.63) is 60.3 Å². The Bertz CT molecular complexity index is 792. The van der Waals surface area contributed by atoms with Crippen LogP contribution < -0.4 is 0 Å².